The number of carbonyl (C=O) groups is 2. The van der Waals surface area contributed by atoms with Crippen molar-refractivity contribution in [2.45, 2.75) is 6.42 Å². The Hall–Kier alpha value is -2.99. The van der Waals surface area contributed by atoms with Gasteiger partial charge in [-0.1, -0.05) is 30.3 Å². The molecule has 2 aromatic rings. The zero-order valence-electron chi connectivity index (χ0n) is 16.5. The molecule has 0 aromatic heterocycles. The van der Waals surface area contributed by atoms with Crippen LogP contribution in [0.2, 0.25) is 0 Å². The topological polar surface area (TPSA) is 43.9 Å². The highest BCUT2D eigenvalue weighted by Gasteiger charge is 2.23. The summed E-state index contributed by atoms with van der Waals surface area (Å²) in [5.41, 5.74) is 1.20. The van der Waals surface area contributed by atoms with Gasteiger partial charge in [-0.15, -0.1) is 6.58 Å². The van der Waals surface area contributed by atoms with Gasteiger partial charge in [0.2, 0.25) is 5.91 Å². The Labute approximate surface area is 171 Å². The number of halogens is 1. The standard InChI is InChI=1S/C23H26FN3O2/c1-2-12-27(21-10-4-3-5-11-21)22(28)18-25-13-7-14-26(16-15-25)23(29)19-8-6-9-20(24)17-19/h2-6,8-11,17H,1,7,12-16,18H2. The molecule has 0 radical (unpaired) electrons. The van der Waals surface area contributed by atoms with E-state index >= 15 is 0 Å². The average molecular weight is 395 g/mol. The van der Waals surface area contributed by atoms with E-state index in [-0.39, 0.29) is 18.4 Å². The van der Waals surface area contributed by atoms with Crippen LogP contribution in [0.5, 0.6) is 0 Å². The van der Waals surface area contributed by atoms with E-state index in [0.29, 0.717) is 31.7 Å². The normalized spacial score (nSPS) is 14.9. The minimum Gasteiger partial charge on any atom is -0.337 e. The van der Waals surface area contributed by atoms with E-state index in [0.717, 1.165) is 18.7 Å². The van der Waals surface area contributed by atoms with Crippen LogP contribution in [0.4, 0.5) is 10.1 Å². The maximum atomic E-state index is 13.4. The predicted octanol–water partition coefficient (Wildman–Crippen LogP) is 3.19. The zero-order chi connectivity index (χ0) is 20.6. The van der Waals surface area contributed by atoms with Gasteiger partial charge >= 0.3 is 0 Å². The summed E-state index contributed by atoms with van der Waals surface area (Å²) in [5, 5.41) is 0. The van der Waals surface area contributed by atoms with Crippen molar-refractivity contribution in [1.29, 1.82) is 0 Å². The van der Waals surface area contributed by atoms with Gasteiger partial charge in [0.15, 0.2) is 0 Å². The molecule has 0 bridgehead atoms. The summed E-state index contributed by atoms with van der Waals surface area (Å²) < 4.78 is 13.4. The fourth-order valence-electron chi connectivity index (χ4n) is 3.50. The molecule has 5 nitrogen and oxygen atoms in total. The third-order valence-corrected chi connectivity index (χ3v) is 4.99. The lowest BCUT2D eigenvalue weighted by molar-refractivity contribution is -0.119. The number of benzene rings is 2. The number of rotatable bonds is 6. The highest BCUT2D eigenvalue weighted by molar-refractivity contribution is 5.95. The summed E-state index contributed by atoms with van der Waals surface area (Å²) in [6.45, 7) is 6.92. The van der Waals surface area contributed by atoms with Crippen molar-refractivity contribution >= 4 is 17.5 Å². The molecule has 2 amide bonds. The molecule has 3 rings (SSSR count). The quantitative estimate of drug-likeness (QED) is 0.706. The van der Waals surface area contributed by atoms with Crippen LogP contribution in [-0.4, -0.2) is 60.9 Å². The average Bonchev–Trinajstić information content (AvgIpc) is 2.97. The van der Waals surface area contributed by atoms with Crippen LogP contribution >= 0.6 is 0 Å². The molecule has 1 aliphatic rings. The third-order valence-electron chi connectivity index (χ3n) is 4.99. The molecule has 0 aliphatic carbocycles. The Balaban J connectivity index is 1.61. The molecule has 1 heterocycles. The molecule has 1 fully saturated rings. The molecule has 0 unspecified atom stereocenters. The minimum absolute atomic E-state index is 0.000932. The van der Waals surface area contributed by atoms with Gasteiger partial charge in [-0.3, -0.25) is 14.5 Å². The molecule has 0 saturated carbocycles. The van der Waals surface area contributed by atoms with E-state index in [2.05, 4.69) is 11.5 Å². The molecule has 0 atom stereocenters. The van der Waals surface area contributed by atoms with Crippen LogP contribution in [0.3, 0.4) is 0 Å². The Morgan fingerprint density at radius 2 is 1.83 bits per heavy atom. The third kappa shape index (κ3) is 5.51. The van der Waals surface area contributed by atoms with Crippen molar-refractivity contribution in [3.63, 3.8) is 0 Å². The van der Waals surface area contributed by atoms with Crippen LogP contribution < -0.4 is 4.90 Å². The smallest absolute Gasteiger partial charge is 0.254 e. The highest BCUT2D eigenvalue weighted by atomic mass is 19.1. The van der Waals surface area contributed by atoms with E-state index in [4.69, 9.17) is 0 Å². The van der Waals surface area contributed by atoms with Crippen molar-refractivity contribution in [2.75, 3.05) is 44.2 Å². The lowest BCUT2D eigenvalue weighted by atomic mass is 10.2. The van der Waals surface area contributed by atoms with Gasteiger partial charge in [0.1, 0.15) is 5.82 Å². The van der Waals surface area contributed by atoms with Gasteiger partial charge in [0.25, 0.3) is 5.91 Å². The maximum absolute atomic E-state index is 13.4. The van der Waals surface area contributed by atoms with E-state index in [1.807, 2.05) is 30.3 Å². The monoisotopic (exact) mass is 395 g/mol. The fourth-order valence-corrected chi connectivity index (χ4v) is 3.50. The van der Waals surface area contributed by atoms with Crippen LogP contribution in [0.25, 0.3) is 0 Å². The summed E-state index contributed by atoms with van der Waals surface area (Å²) in [6, 6.07) is 15.3. The van der Waals surface area contributed by atoms with E-state index < -0.39 is 5.82 Å². The van der Waals surface area contributed by atoms with Crippen LogP contribution in [0, 0.1) is 5.82 Å². The van der Waals surface area contributed by atoms with Crippen molar-refractivity contribution in [1.82, 2.24) is 9.80 Å². The van der Waals surface area contributed by atoms with Gasteiger partial charge in [0.05, 0.1) is 6.54 Å². The van der Waals surface area contributed by atoms with Gasteiger partial charge < -0.3 is 9.80 Å². The van der Waals surface area contributed by atoms with E-state index in [1.165, 1.54) is 12.1 Å². The Kier molecular flexibility index (Phi) is 7.14. The van der Waals surface area contributed by atoms with E-state index in [9.17, 15) is 14.0 Å². The second-order valence-electron chi connectivity index (χ2n) is 7.06. The number of hydrogen-bond donors (Lipinski definition) is 0. The van der Waals surface area contributed by atoms with Crippen molar-refractivity contribution in [2.24, 2.45) is 0 Å². The Morgan fingerprint density at radius 3 is 2.55 bits per heavy atom. The number of para-hydroxylation sites is 1. The molecule has 29 heavy (non-hydrogen) atoms. The lowest BCUT2D eigenvalue weighted by Crippen LogP contribution is -2.42. The Bertz CT molecular complexity index is 856. The zero-order valence-corrected chi connectivity index (χ0v) is 16.5. The van der Waals surface area contributed by atoms with Crippen molar-refractivity contribution < 1.29 is 14.0 Å². The minimum atomic E-state index is -0.416. The first-order valence-electron chi connectivity index (χ1n) is 9.82. The highest BCUT2D eigenvalue weighted by Crippen LogP contribution is 2.15. The van der Waals surface area contributed by atoms with Crippen LogP contribution in [-0.2, 0) is 4.79 Å². The predicted molar refractivity (Wildman–Crippen MR) is 112 cm³/mol. The number of anilines is 1. The number of carbonyl (C=O) groups excluding carboxylic acids is 2. The van der Waals surface area contributed by atoms with Gasteiger partial charge in [0, 0.05) is 44.0 Å². The molecular formula is C23H26FN3O2. The lowest BCUT2D eigenvalue weighted by Gasteiger charge is -2.26. The number of hydrogen-bond acceptors (Lipinski definition) is 3. The number of amides is 2. The van der Waals surface area contributed by atoms with Crippen molar-refractivity contribution in [3.8, 4) is 0 Å². The molecule has 1 aliphatic heterocycles. The van der Waals surface area contributed by atoms with Gasteiger partial charge in [-0.25, -0.2) is 4.39 Å². The molecule has 2 aromatic carbocycles. The summed E-state index contributed by atoms with van der Waals surface area (Å²) in [7, 11) is 0. The summed E-state index contributed by atoms with van der Waals surface area (Å²) in [4.78, 5) is 31.1. The van der Waals surface area contributed by atoms with Gasteiger partial charge in [-0.2, -0.15) is 0 Å². The van der Waals surface area contributed by atoms with E-state index in [1.54, 1.807) is 28.0 Å². The molecule has 152 valence electrons. The first-order valence-corrected chi connectivity index (χ1v) is 9.82. The maximum Gasteiger partial charge on any atom is 0.254 e. The number of nitrogens with zero attached hydrogens (tertiary/aromatic N) is 3. The SMILES string of the molecule is C=CCN(C(=O)CN1CCCN(C(=O)c2cccc(F)c2)CC1)c1ccccc1. The van der Waals surface area contributed by atoms with Crippen molar-refractivity contribution in [3.05, 3.63) is 78.6 Å². The van der Waals surface area contributed by atoms with Crippen LogP contribution in [0.15, 0.2) is 67.3 Å². The Morgan fingerprint density at radius 1 is 1.03 bits per heavy atom. The summed E-state index contributed by atoms with van der Waals surface area (Å²) in [5.74, 6) is -0.586. The fraction of sp³-hybridized carbons (Fsp3) is 0.304. The largest absolute Gasteiger partial charge is 0.337 e. The van der Waals surface area contributed by atoms with Gasteiger partial charge in [-0.05, 0) is 36.8 Å². The molecule has 0 spiro atoms. The first kappa shape index (κ1) is 20.7. The molecule has 6 heteroatoms. The molecule has 0 N–H and O–H groups in total. The molecular weight excluding hydrogens is 369 g/mol. The first-order chi connectivity index (χ1) is 14.1. The van der Waals surface area contributed by atoms with Crippen LogP contribution in [0.1, 0.15) is 16.8 Å². The molecule has 1 saturated heterocycles. The summed E-state index contributed by atoms with van der Waals surface area (Å²) in [6.07, 6.45) is 2.48. The second-order valence-corrected chi connectivity index (χ2v) is 7.06. The second kappa shape index (κ2) is 9.98. The summed E-state index contributed by atoms with van der Waals surface area (Å²) >= 11 is 0.